The van der Waals surface area contributed by atoms with Crippen LogP contribution in [0.5, 0.6) is 5.75 Å². The molecule has 12 nitrogen and oxygen atoms in total. The Kier molecular flexibility index (Phi) is 7.72. The number of hydrogen-bond acceptors (Lipinski definition) is 9. The van der Waals surface area contributed by atoms with Crippen LogP contribution in [0.15, 0.2) is 114 Å². The molecule has 6 rings (SSSR count). The number of aromatic hydroxyl groups is 1. The highest BCUT2D eigenvalue weighted by atomic mass is 16.3. The summed E-state index contributed by atoms with van der Waals surface area (Å²) >= 11 is 0. The van der Waals surface area contributed by atoms with E-state index in [1.54, 1.807) is 48.5 Å². The fraction of sp³-hybridized carbons (Fsp3) is 0.0303. The average Bonchev–Trinajstić information content (AvgIpc) is 3.48. The van der Waals surface area contributed by atoms with Crippen molar-refractivity contribution in [2.75, 3.05) is 10.6 Å². The van der Waals surface area contributed by atoms with Crippen molar-refractivity contribution in [2.24, 2.45) is 10.2 Å². The molecule has 0 atom stereocenters. The normalized spacial score (nSPS) is 10.9. The van der Waals surface area contributed by atoms with Crippen LogP contribution in [0.4, 0.5) is 22.9 Å². The number of benzene rings is 4. The monoisotopic (exact) mass is 593 g/mol. The molecule has 0 aliphatic carbocycles. The van der Waals surface area contributed by atoms with Crippen LogP contribution in [0.1, 0.15) is 31.8 Å². The molecule has 0 radical (unpaired) electrons. The lowest BCUT2D eigenvalue weighted by Gasteiger charge is -2.13. The smallest absolute Gasteiger partial charge is 0.259 e. The maximum Gasteiger partial charge on any atom is 0.259 e. The number of aromatic nitrogens is 4. The summed E-state index contributed by atoms with van der Waals surface area (Å²) in [6.07, 6.45) is 4.32. The van der Waals surface area contributed by atoms with Crippen molar-refractivity contribution >= 4 is 45.5 Å². The lowest BCUT2D eigenvalue weighted by Crippen LogP contribution is -2.13. The minimum Gasteiger partial charge on any atom is -0.505 e. The lowest BCUT2D eigenvalue weighted by atomic mass is 10.00. The van der Waals surface area contributed by atoms with Gasteiger partial charge >= 0.3 is 0 Å². The molecule has 12 heteroatoms. The minimum absolute atomic E-state index is 0.0182. The van der Waals surface area contributed by atoms with Crippen LogP contribution in [0.3, 0.4) is 0 Å². The summed E-state index contributed by atoms with van der Waals surface area (Å²) in [5, 5.41) is 40.3. The van der Waals surface area contributed by atoms with Gasteiger partial charge in [-0.05, 0) is 60.8 Å². The van der Waals surface area contributed by atoms with Gasteiger partial charge in [-0.1, -0.05) is 42.0 Å². The molecule has 4 aromatic carbocycles. The SMILES string of the molecule is Cc1ccc(NC(=O)c2cc3cc(C(=O)Nc4ccccc4)ccc3c(/N=N/c3c(C#N)cnn3-c3ncccn3)c2O)cc1. The van der Waals surface area contributed by atoms with Gasteiger partial charge in [-0.25, -0.2) is 9.97 Å². The topological polar surface area (TPSA) is 171 Å². The number of rotatable bonds is 7. The summed E-state index contributed by atoms with van der Waals surface area (Å²) in [6.45, 7) is 1.93. The molecule has 3 N–H and O–H groups in total. The number of carbonyl (C=O) groups is 2. The van der Waals surface area contributed by atoms with Gasteiger partial charge in [-0.15, -0.1) is 10.2 Å². The second-order valence-corrected chi connectivity index (χ2v) is 9.85. The van der Waals surface area contributed by atoms with Gasteiger partial charge in [0.2, 0.25) is 0 Å². The van der Waals surface area contributed by atoms with E-state index in [0.717, 1.165) is 5.56 Å². The van der Waals surface area contributed by atoms with E-state index in [9.17, 15) is 20.0 Å². The standard InChI is InChI=1S/C33H23N9O3/c1-20-8-11-25(12-9-20)39-32(45)27-17-22-16-21(31(44)38-24-6-3-2-4-7-24)10-13-26(22)28(29(27)43)40-41-30-23(18-34)19-37-42(30)33-35-14-5-15-36-33/h2-17,19,43H,1H3,(H,38,44)(H,39,45)/b41-40+. The number of para-hydroxylation sites is 1. The van der Waals surface area contributed by atoms with E-state index < -0.39 is 11.7 Å². The number of carbonyl (C=O) groups excluding carboxylic acids is 2. The zero-order chi connectivity index (χ0) is 31.3. The summed E-state index contributed by atoms with van der Waals surface area (Å²) in [4.78, 5) is 34.9. The highest BCUT2D eigenvalue weighted by molar-refractivity contribution is 6.13. The Balaban J connectivity index is 1.46. The van der Waals surface area contributed by atoms with Gasteiger partial charge in [0.1, 0.15) is 17.3 Å². The van der Waals surface area contributed by atoms with E-state index in [1.807, 2.05) is 43.3 Å². The Morgan fingerprint density at radius 1 is 0.867 bits per heavy atom. The Labute approximate surface area is 256 Å². The highest BCUT2D eigenvalue weighted by Crippen LogP contribution is 2.40. The molecule has 2 amide bonds. The maximum atomic E-state index is 13.5. The Hall–Kier alpha value is -6.74. The molecule has 0 fully saturated rings. The van der Waals surface area contributed by atoms with E-state index in [0.29, 0.717) is 27.7 Å². The van der Waals surface area contributed by atoms with Crippen LogP contribution in [-0.2, 0) is 0 Å². The van der Waals surface area contributed by atoms with E-state index in [-0.39, 0.29) is 34.5 Å². The molecule has 0 spiro atoms. The first-order chi connectivity index (χ1) is 21.9. The predicted octanol–water partition coefficient (Wildman–Crippen LogP) is 6.62. The fourth-order valence-electron chi connectivity index (χ4n) is 4.51. The summed E-state index contributed by atoms with van der Waals surface area (Å²) in [7, 11) is 0. The first-order valence-electron chi connectivity index (χ1n) is 13.6. The van der Waals surface area contributed by atoms with Crippen LogP contribution in [0, 0.1) is 18.3 Å². The molecule has 0 saturated heterocycles. The molecule has 0 unspecified atom stereocenters. The summed E-state index contributed by atoms with van der Waals surface area (Å²) in [6, 6.07) is 26.1. The quantitative estimate of drug-likeness (QED) is 0.175. The number of anilines is 2. The summed E-state index contributed by atoms with van der Waals surface area (Å²) in [5.74, 6) is -1.24. The third-order valence-corrected chi connectivity index (χ3v) is 6.78. The number of aryl methyl sites for hydroxylation is 1. The summed E-state index contributed by atoms with van der Waals surface area (Å²) in [5.41, 5.74) is 2.41. The third-order valence-electron chi connectivity index (χ3n) is 6.78. The number of phenols is 1. The van der Waals surface area contributed by atoms with Gasteiger partial charge in [0.25, 0.3) is 17.8 Å². The van der Waals surface area contributed by atoms with Crippen LogP contribution in [0.2, 0.25) is 0 Å². The first kappa shape index (κ1) is 28.4. The van der Waals surface area contributed by atoms with E-state index in [2.05, 4.69) is 35.9 Å². The molecule has 0 saturated carbocycles. The second-order valence-electron chi connectivity index (χ2n) is 9.85. The maximum absolute atomic E-state index is 13.5. The molecule has 2 heterocycles. The van der Waals surface area contributed by atoms with Crippen molar-refractivity contribution in [3.05, 3.63) is 126 Å². The fourth-order valence-corrected chi connectivity index (χ4v) is 4.51. The molecule has 0 aliphatic heterocycles. The molecule has 218 valence electrons. The van der Waals surface area contributed by atoms with Gasteiger partial charge in [-0.2, -0.15) is 15.0 Å². The van der Waals surface area contributed by atoms with Gasteiger partial charge in [0.15, 0.2) is 11.6 Å². The predicted molar refractivity (Wildman–Crippen MR) is 167 cm³/mol. The Morgan fingerprint density at radius 2 is 1.58 bits per heavy atom. The number of nitriles is 1. The van der Waals surface area contributed by atoms with Crippen LogP contribution < -0.4 is 10.6 Å². The van der Waals surface area contributed by atoms with Crippen molar-refractivity contribution in [1.29, 1.82) is 5.26 Å². The molecular formula is C33H23N9O3. The first-order valence-corrected chi connectivity index (χ1v) is 13.6. The Bertz CT molecular complexity index is 2120. The third kappa shape index (κ3) is 5.95. The molecule has 6 aromatic rings. The minimum atomic E-state index is -0.603. The zero-order valence-electron chi connectivity index (χ0n) is 23.7. The van der Waals surface area contributed by atoms with Gasteiger partial charge < -0.3 is 15.7 Å². The summed E-state index contributed by atoms with van der Waals surface area (Å²) < 4.78 is 1.24. The van der Waals surface area contributed by atoms with E-state index in [4.69, 9.17) is 0 Å². The molecule has 0 bridgehead atoms. The number of nitrogens with zero attached hydrogens (tertiary/aromatic N) is 7. The lowest BCUT2D eigenvalue weighted by molar-refractivity contribution is 0.101. The number of nitrogens with one attached hydrogen (secondary N) is 2. The number of amides is 2. The number of hydrogen-bond donors (Lipinski definition) is 3. The Morgan fingerprint density at radius 3 is 2.31 bits per heavy atom. The average molecular weight is 594 g/mol. The van der Waals surface area contributed by atoms with Crippen LogP contribution in [-0.4, -0.2) is 36.7 Å². The number of phenolic OH excluding ortho intramolecular Hbond substituents is 1. The van der Waals surface area contributed by atoms with E-state index >= 15 is 0 Å². The van der Waals surface area contributed by atoms with Crippen molar-refractivity contribution in [3.8, 4) is 17.8 Å². The number of fused-ring (bicyclic) bond motifs is 1. The van der Waals surface area contributed by atoms with Crippen LogP contribution in [0.25, 0.3) is 16.7 Å². The van der Waals surface area contributed by atoms with Gasteiger partial charge in [0.05, 0.1) is 11.8 Å². The van der Waals surface area contributed by atoms with Crippen molar-refractivity contribution < 1.29 is 14.7 Å². The highest BCUT2D eigenvalue weighted by Gasteiger charge is 2.21. The second kappa shape index (κ2) is 12.2. The zero-order valence-corrected chi connectivity index (χ0v) is 23.7. The molecule has 0 aliphatic rings. The van der Waals surface area contributed by atoms with Crippen molar-refractivity contribution in [1.82, 2.24) is 19.7 Å². The molecule has 45 heavy (non-hydrogen) atoms. The van der Waals surface area contributed by atoms with Crippen LogP contribution >= 0.6 is 0 Å². The van der Waals surface area contributed by atoms with Crippen molar-refractivity contribution in [2.45, 2.75) is 6.92 Å². The van der Waals surface area contributed by atoms with Gasteiger partial charge in [-0.3, -0.25) is 9.59 Å². The molecule has 2 aromatic heterocycles. The van der Waals surface area contributed by atoms with Gasteiger partial charge in [0, 0.05) is 34.7 Å². The largest absolute Gasteiger partial charge is 0.505 e. The van der Waals surface area contributed by atoms with Crippen molar-refractivity contribution in [3.63, 3.8) is 0 Å². The molecular weight excluding hydrogens is 570 g/mol. The van der Waals surface area contributed by atoms with E-state index in [1.165, 1.54) is 29.3 Å². The number of azo groups is 1.